The number of rotatable bonds is 9. The van der Waals surface area contributed by atoms with E-state index in [1.807, 2.05) is 39.8 Å². The van der Waals surface area contributed by atoms with Crippen molar-refractivity contribution in [2.45, 2.75) is 47.2 Å². The molecule has 0 unspecified atom stereocenters. The molecule has 0 heterocycles. The summed E-state index contributed by atoms with van der Waals surface area (Å²) in [5.41, 5.74) is 2.33. The average Bonchev–Trinajstić information content (AvgIpc) is 2.72. The summed E-state index contributed by atoms with van der Waals surface area (Å²) in [6.45, 7) is 9.72. The number of hydrogen-bond acceptors (Lipinski definition) is 3. The second-order valence-corrected chi connectivity index (χ2v) is 8.88. The smallest absolute Gasteiger partial charge is 0.261 e. The van der Waals surface area contributed by atoms with Crippen molar-refractivity contribution in [3.8, 4) is 5.75 Å². The maximum absolute atomic E-state index is 14.2. The van der Waals surface area contributed by atoms with Gasteiger partial charge < -0.3 is 15.0 Å². The number of ether oxygens (including phenoxy) is 1. The molecule has 168 valence electrons. The number of amides is 2. The highest BCUT2D eigenvalue weighted by molar-refractivity contribution is 9.10. The lowest BCUT2D eigenvalue weighted by molar-refractivity contribution is -0.142. The van der Waals surface area contributed by atoms with E-state index in [0.717, 1.165) is 15.6 Å². The largest absolute Gasteiger partial charge is 0.484 e. The molecule has 0 aliphatic carbocycles. The summed E-state index contributed by atoms with van der Waals surface area (Å²) in [5.74, 6) is -0.258. The van der Waals surface area contributed by atoms with Crippen LogP contribution in [0.25, 0.3) is 0 Å². The molecule has 0 aromatic heterocycles. The van der Waals surface area contributed by atoms with Gasteiger partial charge in [0.15, 0.2) is 6.61 Å². The first-order chi connectivity index (χ1) is 14.6. The van der Waals surface area contributed by atoms with Gasteiger partial charge in [0.05, 0.1) is 0 Å². The second kappa shape index (κ2) is 11.3. The Morgan fingerprint density at radius 3 is 2.32 bits per heavy atom. The zero-order valence-electron chi connectivity index (χ0n) is 18.7. The number of benzene rings is 2. The van der Waals surface area contributed by atoms with E-state index in [-0.39, 0.29) is 25.0 Å². The molecule has 7 heteroatoms. The van der Waals surface area contributed by atoms with Crippen LogP contribution in [0.2, 0.25) is 0 Å². The first-order valence-corrected chi connectivity index (χ1v) is 11.1. The van der Waals surface area contributed by atoms with Crippen molar-refractivity contribution >= 4 is 27.7 Å². The van der Waals surface area contributed by atoms with E-state index in [2.05, 4.69) is 21.2 Å². The Hall–Kier alpha value is -2.41. The molecule has 2 amide bonds. The van der Waals surface area contributed by atoms with Gasteiger partial charge >= 0.3 is 0 Å². The lowest BCUT2D eigenvalue weighted by atomic mass is 10.1. The lowest BCUT2D eigenvalue weighted by Crippen LogP contribution is -2.49. The van der Waals surface area contributed by atoms with Crippen LogP contribution in [-0.2, 0) is 16.1 Å². The zero-order valence-corrected chi connectivity index (χ0v) is 20.3. The minimum atomic E-state index is -0.775. The van der Waals surface area contributed by atoms with E-state index >= 15 is 0 Å². The zero-order chi connectivity index (χ0) is 23.1. The van der Waals surface area contributed by atoms with Gasteiger partial charge in [-0.2, -0.15) is 0 Å². The maximum atomic E-state index is 14.2. The van der Waals surface area contributed by atoms with E-state index in [0.29, 0.717) is 17.9 Å². The molecule has 5 nitrogen and oxygen atoms in total. The molecule has 2 aromatic carbocycles. The van der Waals surface area contributed by atoms with Crippen LogP contribution in [0.4, 0.5) is 4.39 Å². The molecule has 0 saturated heterocycles. The highest BCUT2D eigenvalue weighted by atomic mass is 79.9. The average molecular weight is 493 g/mol. The fourth-order valence-corrected chi connectivity index (χ4v) is 3.29. The van der Waals surface area contributed by atoms with Gasteiger partial charge in [0.2, 0.25) is 5.91 Å². The standard InChI is InChI=1S/C24H30BrFN2O3/c1-15(2)12-27-24(30)18(5)28(13-19-8-6-7-9-21(19)26)22(29)14-31-20-10-16(3)23(25)17(4)11-20/h6-11,15,18H,12-14H2,1-5H3,(H,27,30)/t18-/m0/s1. The molecule has 1 atom stereocenters. The number of carbonyl (C=O) groups is 2. The van der Waals surface area contributed by atoms with Crippen LogP contribution in [-0.4, -0.2) is 35.9 Å². The molecule has 0 bridgehead atoms. The fraction of sp³-hybridized carbons (Fsp3) is 0.417. The Morgan fingerprint density at radius 1 is 1.13 bits per heavy atom. The molecule has 0 radical (unpaired) electrons. The summed E-state index contributed by atoms with van der Waals surface area (Å²) in [6.07, 6.45) is 0. The molecule has 0 spiro atoms. The summed E-state index contributed by atoms with van der Waals surface area (Å²) >= 11 is 3.51. The summed E-state index contributed by atoms with van der Waals surface area (Å²) in [5, 5.41) is 2.84. The van der Waals surface area contributed by atoms with E-state index in [4.69, 9.17) is 4.74 Å². The summed E-state index contributed by atoms with van der Waals surface area (Å²) in [6, 6.07) is 9.14. The second-order valence-electron chi connectivity index (χ2n) is 8.09. The molecule has 0 aliphatic heterocycles. The minimum absolute atomic E-state index is 0.0243. The third-order valence-corrected chi connectivity index (χ3v) is 6.17. The Morgan fingerprint density at radius 2 is 1.74 bits per heavy atom. The Labute approximate surface area is 192 Å². The summed E-state index contributed by atoms with van der Waals surface area (Å²) in [4.78, 5) is 27.0. The highest BCUT2D eigenvalue weighted by Gasteiger charge is 2.27. The molecule has 0 saturated carbocycles. The van der Waals surface area contributed by atoms with Gasteiger partial charge in [0.25, 0.3) is 5.91 Å². The Balaban J connectivity index is 2.19. The number of nitrogens with one attached hydrogen (secondary N) is 1. The summed E-state index contributed by atoms with van der Waals surface area (Å²) < 4.78 is 20.9. The topological polar surface area (TPSA) is 58.6 Å². The first-order valence-electron chi connectivity index (χ1n) is 10.3. The molecule has 2 rings (SSSR count). The Kier molecular flexibility index (Phi) is 9.04. The number of hydrogen-bond donors (Lipinski definition) is 1. The number of aryl methyl sites for hydroxylation is 2. The monoisotopic (exact) mass is 492 g/mol. The van der Waals surface area contributed by atoms with Gasteiger partial charge in [-0.15, -0.1) is 0 Å². The van der Waals surface area contributed by atoms with E-state index in [9.17, 15) is 14.0 Å². The maximum Gasteiger partial charge on any atom is 0.261 e. The molecule has 31 heavy (non-hydrogen) atoms. The van der Waals surface area contributed by atoms with Gasteiger partial charge in [0, 0.05) is 23.1 Å². The van der Waals surface area contributed by atoms with Gasteiger partial charge in [0.1, 0.15) is 17.6 Å². The number of nitrogens with zero attached hydrogens (tertiary/aromatic N) is 1. The molecule has 0 fully saturated rings. The van der Waals surface area contributed by atoms with Crippen molar-refractivity contribution in [3.05, 3.63) is 63.4 Å². The quantitative estimate of drug-likeness (QED) is 0.548. The van der Waals surface area contributed by atoms with Crippen molar-refractivity contribution in [3.63, 3.8) is 0 Å². The fourth-order valence-electron chi connectivity index (χ4n) is 3.06. The highest BCUT2D eigenvalue weighted by Crippen LogP contribution is 2.26. The van der Waals surface area contributed by atoms with Crippen molar-refractivity contribution in [2.75, 3.05) is 13.2 Å². The predicted molar refractivity (Wildman–Crippen MR) is 123 cm³/mol. The van der Waals surface area contributed by atoms with Crippen molar-refractivity contribution in [1.82, 2.24) is 10.2 Å². The Bertz CT molecular complexity index is 910. The third-order valence-electron chi connectivity index (χ3n) is 4.92. The normalized spacial score (nSPS) is 11.9. The van der Waals surface area contributed by atoms with Crippen LogP contribution in [0.1, 0.15) is 37.5 Å². The molecule has 2 aromatic rings. The molecule has 1 N–H and O–H groups in total. The molecular formula is C24H30BrFN2O3. The van der Waals surface area contributed by atoms with Crippen LogP contribution in [0.5, 0.6) is 5.75 Å². The third kappa shape index (κ3) is 7.06. The molecular weight excluding hydrogens is 463 g/mol. The van der Waals surface area contributed by atoms with Crippen LogP contribution in [0.15, 0.2) is 40.9 Å². The number of carbonyl (C=O) groups excluding carboxylic acids is 2. The summed E-state index contributed by atoms with van der Waals surface area (Å²) in [7, 11) is 0. The molecule has 0 aliphatic rings. The van der Waals surface area contributed by atoms with Crippen molar-refractivity contribution in [1.29, 1.82) is 0 Å². The predicted octanol–water partition coefficient (Wildman–Crippen LogP) is 4.77. The van der Waals surface area contributed by atoms with E-state index in [1.165, 1.54) is 11.0 Å². The van der Waals surface area contributed by atoms with Crippen LogP contribution >= 0.6 is 15.9 Å². The van der Waals surface area contributed by atoms with Crippen LogP contribution < -0.4 is 10.1 Å². The van der Waals surface area contributed by atoms with E-state index < -0.39 is 17.8 Å². The van der Waals surface area contributed by atoms with E-state index in [1.54, 1.807) is 25.1 Å². The minimum Gasteiger partial charge on any atom is -0.484 e. The number of halogens is 2. The van der Waals surface area contributed by atoms with Gasteiger partial charge in [-0.3, -0.25) is 9.59 Å². The first kappa shape index (κ1) is 24.9. The van der Waals surface area contributed by atoms with Crippen molar-refractivity contribution < 1.29 is 18.7 Å². The SMILES string of the molecule is Cc1cc(OCC(=O)N(Cc2ccccc2F)[C@@H](C)C(=O)NCC(C)C)cc(C)c1Br. The van der Waals surface area contributed by atoms with Crippen LogP contribution in [0.3, 0.4) is 0 Å². The van der Waals surface area contributed by atoms with Gasteiger partial charge in [-0.25, -0.2) is 4.39 Å². The lowest BCUT2D eigenvalue weighted by Gasteiger charge is -2.29. The van der Waals surface area contributed by atoms with Crippen LogP contribution in [0, 0.1) is 25.6 Å². The van der Waals surface area contributed by atoms with Crippen molar-refractivity contribution in [2.24, 2.45) is 5.92 Å². The van der Waals surface area contributed by atoms with Gasteiger partial charge in [-0.1, -0.05) is 48.0 Å². The van der Waals surface area contributed by atoms with Gasteiger partial charge in [-0.05, 0) is 56.0 Å².